The molecule has 1 amide bonds. The summed E-state index contributed by atoms with van der Waals surface area (Å²) >= 11 is 0. The number of esters is 1. The highest BCUT2D eigenvalue weighted by molar-refractivity contribution is 5.89. The minimum atomic E-state index is -0.556. The molecule has 1 unspecified atom stereocenters. The van der Waals surface area contributed by atoms with Gasteiger partial charge in [0.2, 0.25) is 5.91 Å². The van der Waals surface area contributed by atoms with Gasteiger partial charge >= 0.3 is 5.97 Å². The molecule has 3 rings (SSSR count). The molecule has 1 heterocycles. The highest BCUT2D eigenvalue weighted by Gasteiger charge is 2.21. The first-order chi connectivity index (χ1) is 14.0. The van der Waals surface area contributed by atoms with Gasteiger partial charge < -0.3 is 24.5 Å². The van der Waals surface area contributed by atoms with Crippen molar-refractivity contribution >= 4 is 22.8 Å². The van der Waals surface area contributed by atoms with Gasteiger partial charge in [-0.1, -0.05) is 24.3 Å². The van der Waals surface area contributed by atoms with Gasteiger partial charge in [-0.3, -0.25) is 9.59 Å². The Kier molecular flexibility index (Phi) is 6.39. The highest BCUT2D eigenvalue weighted by atomic mass is 16.5. The van der Waals surface area contributed by atoms with Crippen molar-refractivity contribution in [2.45, 2.75) is 18.9 Å². The fourth-order valence-electron chi connectivity index (χ4n) is 3.27. The predicted octanol–water partition coefficient (Wildman–Crippen LogP) is 3.15. The van der Waals surface area contributed by atoms with Gasteiger partial charge in [0.1, 0.15) is 0 Å². The third kappa shape index (κ3) is 4.68. The summed E-state index contributed by atoms with van der Waals surface area (Å²) in [6.07, 6.45) is 2.02. The second-order valence-electron chi connectivity index (χ2n) is 6.55. The molecule has 0 aliphatic rings. The van der Waals surface area contributed by atoms with E-state index in [1.807, 2.05) is 30.5 Å². The number of methoxy groups -OCH3 is 3. The van der Waals surface area contributed by atoms with Gasteiger partial charge in [0.15, 0.2) is 11.5 Å². The van der Waals surface area contributed by atoms with E-state index in [0.717, 1.165) is 22.0 Å². The molecule has 152 valence electrons. The average Bonchev–Trinajstić information content (AvgIpc) is 3.15. The van der Waals surface area contributed by atoms with E-state index in [-0.39, 0.29) is 18.7 Å². The molecule has 2 N–H and O–H groups in total. The zero-order chi connectivity index (χ0) is 20.8. The van der Waals surface area contributed by atoms with Crippen LogP contribution in [0.2, 0.25) is 0 Å². The van der Waals surface area contributed by atoms with Gasteiger partial charge in [0, 0.05) is 17.1 Å². The number of hydrogen-bond donors (Lipinski definition) is 2. The number of ether oxygens (including phenoxy) is 3. The number of nitrogens with one attached hydrogen (secondary N) is 2. The maximum Gasteiger partial charge on any atom is 0.307 e. The molecule has 0 aliphatic heterocycles. The molecule has 0 saturated heterocycles. The van der Waals surface area contributed by atoms with Gasteiger partial charge in [0.05, 0.1) is 40.2 Å². The summed E-state index contributed by atoms with van der Waals surface area (Å²) in [6.45, 7) is 0. The summed E-state index contributed by atoms with van der Waals surface area (Å²) in [5.74, 6) is 0.472. The molecule has 29 heavy (non-hydrogen) atoms. The summed E-state index contributed by atoms with van der Waals surface area (Å²) in [7, 11) is 4.40. The number of para-hydroxylation sites is 1. The maximum absolute atomic E-state index is 12.8. The van der Waals surface area contributed by atoms with Crippen molar-refractivity contribution in [1.29, 1.82) is 0 Å². The smallest absolute Gasteiger partial charge is 0.307 e. The average molecular weight is 396 g/mol. The van der Waals surface area contributed by atoms with Crippen molar-refractivity contribution in [1.82, 2.24) is 10.3 Å². The second kappa shape index (κ2) is 9.14. The van der Waals surface area contributed by atoms with Gasteiger partial charge in [0.25, 0.3) is 0 Å². The fraction of sp³-hybridized carbons (Fsp3) is 0.273. The van der Waals surface area contributed by atoms with E-state index in [9.17, 15) is 9.59 Å². The third-order valence-electron chi connectivity index (χ3n) is 4.77. The standard InChI is InChI=1S/C22H24N2O5/c1-27-19-9-8-14(10-20(19)28-2)18(12-22(26)29-3)24-21(25)11-15-13-23-17-7-5-4-6-16(15)17/h4-10,13,18,23H,11-12H2,1-3H3,(H,24,25). The van der Waals surface area contributed by atoms with Gasteiger partial charge in [-0.25, -0.2) is 0 Å². The summed E-state index contributed by atoms with van der Waals surface area (Å²) in [5, 5.41) is 3.94. The van der Waals surface area contributed by atoms with Crippen LogP contribution >= 0.6 is 0 Å². The van der Waals surface area contributed by atoms with Crippen LogP contribution in [-0.4, -0.2) is 38.2 Å². The van der Waals surface area contributed by atoms with Crippen LogP contribution in [0.25, 0.3) is 10.9 Å². The van der Waals surface area contributed by atoms with Crippen molar-refractivity contribution in [3.63, 3.8) is 0 Å². The molecule has 7 heteroatoms. The molecule has 0 fully saturated rings. The Bertz CT molecular complexity index is 1010. The zero-order valence-corrected chi connectivity index (χ0v) is 16.7. The summed E-state index contributed by atoms with van der Waals surface area (Å²) in [5.41, 5.74) is 2.59. The molecular formula is C22H24N2O5. The number of benzene rings is 2. The molecule has 2 aromatic carbocycles. The lowest BCUT2D eigenvalue weighted by molar-refractivity contribution is -0.141. The first kappa shape index (κ1) is 20.3. The third-order valence-corrected chi connectivity index (χ3v) is 4.77. The monoisotopic (exact) mass is 396 g/mol. The first-order valence-electron chi connectivity index (χ1n) is 9.18. The number of fused-ring (bicyclic) bond motifs is 1. The van der Waals surface area contributed by atoms with Gasteiger partial charge in [-0.05, 0) is 29.3 Å². The Hall–Kier alpha value is -3.48. The summed E-state index contributed by atoms with van der Waals surface area (Å²) in [6, 6.07) is 12.5. The number of amides is 1. The maximum atomic E-state index is 12.8. The molecule has 0 radical (unpaired) electrons. The van der Waals surface area contributed by atoms with E-state index in [0.29, 0.717) is 11.5 Å². The number of H-pyrrole nitrogens is 1. The van der Waals surface area contributed by atoms with Crippen LogP contribution in [0.15, 0.2) is 48.7 Å². The van der Waals surface area contributed by atoms with Crippen LogP contribution in [0.3, 0.4) is 0 Å². The zero-order valence-electron chi connectivity index (χ0n) is 16.7. The SMILES string of the molecule is COC(=O)CC(NC(=O)Cc1c[nH]c2ccccc12)c1ccc(OC)c(OC)c1. The van der Waals surface area contributed by atoms with E-state index in [2.05, 4.69) is 10.3 Å². The molecule has 0 spiro atoms. The number of hydrogen-bond acceptors (Lipinski definition) is 5. The van der Waals surface area contributed by atoms with Crippen LogP contribution in [0.5, 0.6) is 11.5 Å². The number of aromatic nitrogens is 1. The van der Waals surface area contributed by atoms with Crippen LogP contribution < -0.4 is 14.8 Å². The van der Waals surface area contributed by atoms with E-state index >= 15 is 0 Å². The van der Waals surface area contributed by atoms with Crippen molar-refractivity contribution in [3.05, 3.63) is 59.8 Å². The quantitative estimate of drug-likeness (QED) is 0.571. The number of aromatic amines is 1. The van der Waals surface area contributed by atoms with Gasteiger partial charge in [-0.2, -0.15) is 0 Å². The number of carbonyl (C=O) groups is 2. The molecule has 1 atom stereocenters. The van der Waals surface area contributed by atoms with E-state index in [1.165, 1.54) is 14.2 Å². The van der Waals surface area contributed by atoms with E-state index in [1.54, 1.807) is 25.3 Å². The molecule has 0 aliphatic carbocycles. The Morgan fingerprint density at radius 3 is 2.52 bits per heavy atom. The largest absolute Gasteiger partial charge is 0.493 e. The predicted molar refractivity (Wildman–Crippen MR) is 109 cm³/mol. The topological polar surface area (TPSA) is 89.7 Å². The second-order valence-corrected chi connectivity index (χ2v) is 6.55. The summed E-state index contributed by atoms with van der Waals surface area (Å²) < 4.78 is 15.4. The fourth-order valence-corrected chi connectivity index (χ4v) is 3.27. The number of carbonyl (C=O) groups excluding carboxylic acids is 2. The summed E-state index contributed by atoms with van der Waals surface area (Å²) in [4.78, 5) is 27.8. The minimum Gasteiger partial charge on any atom is -0.493 e. The first-order valence-corrected chi connectivity index (χ1v) is 9.18. The Labute approximate surface area is 169 Å². The van der Waals surface area contributed by atoms with E-state index < -0.39 is 12.0 Å². The van der Waals surface area contributed by atoms with E-state index in [4.69, 9.17) is 14.2 Å². The van der Waals surface area contributed by atoms with Crippen molar-refractivity contribution < 1.29 is 23.8 Å². The Morgan fingerprint density at radius 1 is 1.03 bits per heavy atom. The lowest BCUT2D eigenvalue weighted by atomic mass is 10.0. The molecular weight excluding hydrogens is 372 g/mol. The van der Waals surface area contributed by atoms with Gasteiger partial charge in [-0.15, -0.1) is 0 Å². The van der Waals surface area contributed by atoms with Crippen LogP contribution in [0, 0.1) is 0 Å². The molecule has 1 aromatic heterocycles. The lowest BCUT2D eigenvalue weighted by Crippen LogP contribution is -2.31. The molecule has 3 aromatic rings. The Balaban J connectivity index is 1.81. The number of rotatable bonds is 8. The Morgan fingerprint density at radius 2 is 1.79 bits per heavy atom. The molecule has 0 saturated carbocycles. The van der Waals surface area contributed by atoms with Crippen LogP contribution in [0.1, 0.15) is 23.6 Å². The highest BCUT2D eigenvalue weighted by Crippen LogP contribution is 2.31. The molecule has 0 bridgehead atoms. The van der Waals surface area contributed by atoms with Crippen molar-refractivity contribution in [2.75, 3.05) is 21.3 Å². The van der Waals surface area contributed by atoms with Crippen molar-refractivity contribution in [2.24, 2.45) is 0 Å². The normalized spacial score (nSPS) is 11.7. The minimum absolute atomic E-state index is 0.00556. The molecule has 7 nitrogen and oxygen atoms in total. The van der Waals surface area contributed by atoms with Crippen LogP contribution in [-0.2, 0) is 20.7 Å². The lowest BCUT2D eigenvalue weighted by Gasteiger charge is -2.19. The van der Waals surface area contributed by atoms with Crippen molar-refractivity contribution in [3.8, 4) is 11.5 Å². The van der Waals surface area contributed by atoms with Crippen LogP contribution in [0.4, 0.5) is 0 Å².